The molecule has 1 N–H and O–H groups in total. The second kappa shape index (κ2) is 12.7. The molecule has 46 heavy (non-hydrogen) atoms. The summed E-state index contributed by atoms with van der Waals surface area (Å²) < 4.78 is 12.8. The van der Waals surface area contributed by atoms with Crippen LogP contribution in [-0.4, -0.2) is 82.2 Å². The molecule has 9 nitrogen and oxygen atoms in total. The van der Waals surface area contributed by atoms with Crippen molar-refractivity contribution in [1.82, 2.24) is 9.80 Å². The Labute approximate surface area is 271 Å². The van der Waals surface area contributed by atoms with E-state index in [4.69, 9.17) is 9.47 Å². The number of carbonyl (C=O) groups is 3. The minimum Gasteiger partial charge on any atom is -0.494 e. The van der Waals surface area contributed by atoms with E-state index in [0.717, 1.165) is 12.8 Å². The second-order valence-electron chi connectivity index (χ2n) is 12.8. The molecular formula is C37H45N3O6. The average molecular weight is 628 g/mol. The van der Waals surface area contributed by atoms with Gasteiger partial charge in [-0.05, 0) is 56.5 Å². The average Bonchev–Trinajstić information content (AvgIpc) is 3.35. The summed E-state index contributed by atoms with van der Waals surface area (Å²) in [7, 11) is 0. The Balaban J connectivity index is 1.50. The van der Waals surface area contributed by atoms with Crippen molar-refractivity contribution in [2.24, 2.45) is 11.8 Å². The van der Waals surface area contributed by atoms with Crippen LogP contribution in [0.2, 0.25) is 0 Å². The van der Waals surface area contributed by atoms with E-state index in [2.05, 4.69) is 6.92 Å². The van der Waals surface area contributed by atoms with Crippen LogP contribution < -0.4 is 9.64 Å². The molecule has 4 aliphatic rings. The third-order valence-corrected chi connectivity index (χ3v) is 10.3. The summed E-state index contributed by atoms with van der Waals surface area (Å²) in [6.07, 6.45) is 9.83. The first kappa shape index (κ1) is 32.0. The molecule has 244 valence electrons. The van der Waals surface area contributed by atoms with Crippen molar-refractivity contribution in [3.05, 3.63) is 84.5 Å². The lowest BCUT2D eigenvalue weighted by atomic mass is 9.73. The smallest absolute Gasteiger partial charge is 0.249 e. The predicted octanol–water partition coefficient (Wildman–Crippen LogP) is 4.67. The van der Waals surface area contributed by atoms with Crippen LogP contribution in [0.3, 0.4) is 0 Å². The Bertz CT molecular complexity index is 1510. The number of hydrogen-bond acceptors (Lipinski definition) is 6. The van der Waals surface area contributed by atoms with Gasteiger partial charge in [-0.15, -0.1) is 0 Å². The van der Waals surface area contributed by atoms with E-state index in [9.17, 15) is 14.7 Å². The molecule has 2 saturated heterocycles. The van der Waals surface area contributed by atoms with Gasteiger partial charge in [0.2, 0.25) is 17.7 Å². The van der Waals surface area contributed by atoms with Crippen molar-refractivity contribution in [3.63, 3.8) is 0 Å². The third-order valence-electron chi connectivity index (χ3n) is 10.3. The molecule has 0 bridgehead atoms. The highest BCUT2D eigenvalue weighted by atomic mass is 16.5. The number of ether oxygens (including phenoxy) is 2. The number of rotatable bonds is 10. The molecule has 3 amide bonds. The van der Waals surface area contributed by atoms with E-state index in [-0.39, 0.29) is 30.4 Å². The maximum absolute atomic E-state index is 15.0. The van der Waals surface area contributed by atoms with Gasteiger partial charge < -0.3 is 29.3 Å². The molecule has 9 heteroatoms. The van der Waals surface area contributed by atoms with Crippen LogP contribution in [-0.2, 0) is 19.1 Å². The first-order valence-electron chi connectivity index (χ1n) is 16.6. The maximum Gasteiger partial charge on any atom is 0.249 e. The molecular weight excluding hydrogens is 582 g/mol. The number of amides is 3. The lowest BCUT2D eigenvalue weighted by Gasteiger charge is -2.41. The van der Waals surface area contributed by atoms with Crippen LogP contribution in [0, 0.1) is 11.8 Å². The molecule has 2 aromatic rings. The molecule has 2 fully saturated rings. The zero-order chi connectivity index (χ0) is 32.6. The van der Waals surface area contributed by atoms with Crippen LogP contribution in [0.15, 0.2) is 78.9 Å². The van der Waals surface area contributed by atoms with E-state index in [1.807, 2.05) is 105 Å². The zero-order valence-corrected chi connectivity index (χ0v) is 27.2. The minimum atomic E-state index is -1.40. The fraction of sp³-hybridized carbons (Fsp3) is 0.486. The Morgan fingerprint density at radius 3 is 2.28 bits per heavy atom. The molecule has 7 atom stereocenters. The van der Waals surface area contributed by atoms with E-state index >= 15 is 4.79 Å². The number of nitrogens with zero attached hydrogens (tertiary/aromatic N) is 3. The fourth-order valence-corrected chi connectivity index (χ4v) is 8.17. The molecule has 0 radical (unpaired) electrons. The topological polar surface area (TPSA) is 99.6 Å². The van der Waals surface area contributed by atoms with Crippen LogP contribution in [0.1, 0.15) is 58.6 Å². The predicted molar refractivity (Wildman–Crippen MR) is 175 cm³/mol. The number of likely N-dealkylation sites (tertiary alicyclic amines) is 1. The van der Waals surface area contributed by atoms with E-state index in [0.29, 0.717) is 43.1 Å². The summed E-state index contributed by atoms with van der Waals surface area (Å²) in [5.41, 5.74) is -1.10. The summed E-state index contributed by atoms with van der Waals surface area (Å²) in [4.78, 5) is 49.7. The highest BCUT2D eigenvalue weighted by Crippen LogP contribution is 2.60. The van der Waals surface area contributed by atoms with Crippen LogP contribution in [0.25, 0.3) is 0 Å². The standard InChI is InChI=1S/C37H45N3O6/c1-5-13-25(4)38-22-12-21-37-31(34(43)40(32(37)35(38)44)29(24-41)26-14-9-8-10-15-26)30-33(42)39(23-11-20-36(30,6-2)46-37)27-16-18-28(19-17-27)45-7-3/h8-12,14-21,25,29-32,41H,5-7,13,22-24H2,1-4H3/t25?,29-,30+,31+,32?,36-,37+/m1/s1. The third kappa shape index (κ3) is 4.95. The van der Waals surface area contributed by atoms with Gasteiger partial charge in [0.05, 0.1) is 36.7 Å². The number of fused-ring (bicyclic) bond motifs is 2. The molecule has 0 aliphatic carbocycles. The largest absolute Gasteiger partial charge is 0.494 e. The van der Waals surface area contributed by atoms with Crippen molar-refractivity contribution in [2.75, 3.05) is 31.2 Å². The highest BCUT2D eigenvalue weighted by molar-refractivity contribution is 6.04. The summed E-state index contributed by atoms with van der Waals surface area (Å²) in [5.74, 6) is -1.97. The number of aliphatic hydroxyl groups is 1. The van der Waals surface area contributed by atoms with Gasteiger partial charge in [-0.25, -0.2) is 0 Å². The second-order valence-corrected chi connectivity index (χ2v) is 12.8. The van der Waals surface area contributed by atoms with Gasteiger partial charge in [0.1, 0.15) is 17.4 Å². The minimum absolute atomic E-state index is 0.0682. The lowest BCUT2D eigenvalue weighted by molar-refractivity contribution is -0.157. The monoisotopic (exact) mass is 627 g/mol. The van der Waals surface area contributed by atoms with Crippen molar-refractivity contribution in [2.45, 2.75) is 76.3 Å². The molecule has 2 aromatic carbocycles. The maximum atomic E-state index is 15.0. The Morgan fingerprint density at radius 2 is 1.63 bits per heavy atom. The Hall–Kier alpha value is -3.95. The van der Waals surface area contributed by atoms with E-state index in [1.165, 1.54) is 4.90 Å². The number of anilines is 1. The first-order valence-corrected chi connectivity index (χ1v) is 16.6. The fourth-order valence-electron chi connectivity index (χ4n) is 8.17. The zero-order valence-electron chi connectivity index (χ0n) is 27.2. The van der Waals surface area contributed by atoms with Crippen molar-refractivity contribution < 1.29 is 29.0 Å². The lowest BCUT2D eigenvalue weighted by Crippen LogP contribution is -2.58. The number of hydrogen-bond donors (Lipinski definition) is 1. The normalized spacial score (nSPS) is 30.1. The number of carbonyl (C=O) groups excluding carboxylic acids is 3. The van der Waals surface area contributed by atoms with Crippen molar-refractivity contribution in [3.8, 4) is 5.75 Å². The van der Waals surface area contributed by atoms with Crippen LogP contribution in [0.5, 0.6) is 5.75 Å². The number of benzene rings is 2. The molecule has 4 heterocycles. The molecule has 0 saturated carbocycles. The van der Waals surface area contributed by atoms with Gasteiger partial charge >= 0.3 is 0 Å². The van der Waals surface area contributed by atoms with Gasteiger partial charge in [0.25, 0.3) is 0 Å². The summed E-state index contributed by atoms with van der Waals surface area (Å²) in [6, 6.07) is 14.7. The molecule has 2 unspecified atom stereocenters. The van der Waals surface area contributed by atoms with E-state index < -0.39 is 35.1 Å². The molecule has 0 aromatic heterocycles. The first-order chi connectivity index (χ1) is 22.3. The van der Waals surface area contributed by atoms with Crippen molar-refractivity contribution in [1.29, 1.82) is 0 Å². The summed E-state index contributed by atoms with van der Waals surface area (Å²) in [6.45, 7) is 8.83. The Morgan fingerprint density at radius 1 is 0.913 bits per heavy atom. The van der Waals surface area contributed by atoms with Crippen LogP contribution in [0.4, 0.5) is 5.69 Å². The Kier molecular flexibility index (Phi) is 8.83. The van der Waals surface area contributed by atoms with Gasteiger partial charge in [-0.2, -0.15) is 0 Å². The summed E-state index contributed by atoms with van der Waals surface area (Å²) in [5, 5.41) is 10.8. The van der Waals surface area contributed by atoms with Gasteiger partial charge in [0, 0.05) is 24.8 Å². The summed E-state index contributed by atoms with van der Waals surface area (Å²) >= 11 is 0. The van der Waals surface area contributed by atoms with Gasteiger partial charge in [-0.1, -0.05) is 74.9 Å². The van der Waals surface area contributed by atoms with Gasteiger partial charge in [0.15, 0.2) is 0 Å². The molecule has 6 rings (SSSR count). The molecule has 1 spiro atoms. The number of aliphatic hydroxyl groups excluding tert-OH is 1. The highest BCUT2D eigenvalue weighted by Gasteiger charge is 2.76. The SMILES string of the molecule is CCCC(C)N1CC=C[C@]23O[C@]4(CC)C=CCN(c5ccc(OCC)cc5)C(=O)[C@@H]4[C@H]2C(=O)N([C@H](CO)c2ccccc2)C3C1=O. The van der Waals surface area contributed by atoms with Gasteiger partial charge in [-0.3, -0.25) is 14.4 Å². The quantitative estimate of drug-likeness (QED) is 0.385. The van der Waals surface area contributed by atoms with E-state index in [1.54, 1.807) is 4.90 Å². The molecule has 4 aliphatic heterocycles. The van der Waals surface area contributed by atoms with Crippen LogP contribution >= 0.6 is 0 Å². The van der Waals surface area contributed by atoms with Crippen molar-refractivity contribution >= 4 is 23.4 Å².